The van der Waals surface area contributed by atoms with Crippen LogP contribution in [0.15, 0.2) is 65.4 Å². The Morgan fingerprint density at radius 3 is 2.59 bits per heavy atom. The lowest BCUT2D eigenvalue weighted by Crippen LogP contribution is -2.30. The molecule has 0 spiro atoms. The molecule has 1 amide bonds. The van der Waals surface area contributed by atoms with E-state index in [0.29, 0.717) is 12.1 Å². The van der Waals surface area contributed by atoms with E-state index in [2.05, 4.69) is 33.0 Å². The zero-order chi connectivity index (χ0) is 15.5. The Kier molecular flexibility index (Phi) is 4.20. The third-order valence-electron chi connectivity index (χ3n) is 3.56. The van der Waals surface area contributed by atoms with Crippen molar-refractivity contribution < 1.29 is 4.79 Å². The summed E-state index contributed by atoms with van der Waals surface area (Å²) >= 11 is 3.36. The van der Waals surface area contributed by atoms with E-state index in [9.17, 15) is 4.79 Å². The van der Waals surface area contributed by atoms with E-state index in [1.807, 2.05) is 37.3 Å². The molecule has 4 heteroatoms. The number of carbonyl (C=O) groups is 1. The van der Waals surface area contributed by atoms with Gasteiger partial charge in [-0.25, -0.2) is 0 Å². The molecule has 22 heavy (non-hydrogen) atoms. The summed E-state index contributed by atoms with van der Waals surface area (Å²) < 4.78 is 0.799. The lowest BCUT2D eigenvalue weighted by molar-refractivity contribution is 0.0988. The van der Waals surface area contributed by atoms with Crippen molar-refractivity contribution in [2.45, 2.75) is 6.92 Å². The van der Waals surface area contributed by atoms with Crippen molar-refractivity contribution in [3.05, 3.63) is 71.0 Å². The Hall–Kier alpha value is -2.20. The number of carbonyl (C=O) groups excluding carboxylic acids is 1. The second kappa shape index (κ2) is 6.28. The third-order valence-corrected chi connectivity index (χ3v) is 3.99. The quantitative estimate of drug-likeness (QED) is 0.684. The van der Waals surface area contributed by atoms with Gasteiger partial charge in [0.15, 0.2) is 0 Å². The van der Waals surface area contributed by atoms with Gasteiger partial charge in [-0.15, -0.1) is 0 Å². The van der Waals surface area contributed by atoms with E-state index in [0.717, 1.165) is 15.5 Å². The maximum absolute atomic E-state index is 12.7. The minimum Gasteiger partial charge on any atom is -0.309 e. The molecule has 0 atom stereocenters. The summed E-state index contributed by atoms with van der Waals surface area (Å²) in [6, 6.07) is 16.0. The molecule has 0 radical (unpaired) electrons. The zero-order valence-electron chi connectivity index (χ0n) is 12.2. The molecular weight excluding hydrogens is 340 g/mol. The van der Waals surface area contributed by atoms with Crippen molar-refractivity contribution in [2.75, 3.05) is 11.4 Å². The molecule has 3 aromatic rings. The third kappa shape index (κ3) is 2.88. The minimum atomic E-state index is -0.0495. The van der Waals surface area contributed by atoms with Gasteiger partial charge < -0.3 is 4.90 Å². The van der Waals surface area contributed by atoms with Crippen LogP contribution >= 0.6 is 15.9 Å². The monoisotopic (exact) mass is 354 g/mol. The second-order valence-electron chi connectivity index (χ2n) is 4.97. The molecule has 0 saturated heterocycles. The number of hydrogen-bond acceptors (Lipinski definition) is 2. The fourth-order valence-corrected chi connectivity index (χ4v) is 2.84. The number of amides is 1. The number of fused-ring (bicyclic) bond motifs is 1. The lowest BCUT2D eigenvalue weighted by Gasteiger charge is -2.21. The van der Waals surface area contributed by atoms with Gasteiger partial charge >= 0.3 is 0 Å². The number of halogens is 1. The summed E-state index contributed by atoms with van der Waals surface area (Å²) in [5, 5.41) is 2.29. The predicted octanol–water partition coefficient (Wildman–Crippen LogP) is 4.66. The Balaban J connectivity index is 2.00. The second-order valence-corrected chi connectivity index (χ2v) is 5.89. The number of rotatable bonds is 3. The van der Waals surface area contributed by atoms with Gasteiger partial charge in [0.1, 0.15) is 0 Å². The van der Waals surface area contributed by atoms with Crippen LogP contribution in [0, 0.1) is 0 Å². The van der Waals surface area contributed by atoms with Crippen LogP contribution in [0.2, 0.25) is 0 Å². The normalized spacial score (nSPS) is 10.6. The first-order chi connectivity index (χ1) is 10.7. The highest BCUT2D eigenvalue weighted by molar-refractivity contribution is 9.10. The smallest absolute Gasteiger partial charge is 0.259 e. The predicted molar refractivity (Wildman–Crippen MR) is 93.2 cm³/mol. The largest absolute Gasteiger partial charge is 0.309 e. The van der Waals surface area contributed by atoms with Crippen LogP contribution in [0.1, 0.15) is 17.3 Å². The van der Waals surface area contributed by atoms with E-state index < -0.39 is 0 Å². The van der Waals surface area contributed by atoms with Gasteiger partial charge in [0.05, 0.1) is 5.56 Å². The van der Waals surface area contributed by atoms with Crippen molar-refractivity contribution in [3.63, 3.8) is 0 Å². The Labute approximate surface area is 137 Å². The van der Waals surface area contributed by atoms with Gasteiger partial charge in [-0.3, -0.25) is 9.78 Å². The first kappa shape index (κ1) is 14.7. The van der Waals surface area contributed by atoms with Crippen LogP contribution < -0.4 is 4.90 Å². The average Bonchev–Trinajstić information content (AvgIpc) is 2.55. The van der Waals surface area contributed by atoms with Gasteiger partial charge in [-0.1, -0.05) is 30.3 Å². The molecule has 0 unspecified atom stereocenters. The Morgan fingerprint density at radius 2 is 1.86 bits per heavy atom. The van der Waals surface area contributed by atoms with Crippen LogP contribution in [-0.4, -0.2) is 17.4 Å². The fraction of sp³-hybridized carbons (Fsp3) is 0.111. The molecule has 0 N–H and O–H groups in total. The number of benzene rings is 2. The van der Waals surface area contributed by atoms with E-state index >= 15 is 0 Å². The summed E-state index contributed by atoms with van der Waals surface area (Å²) in [6.07, 6.45) is 3.26. The highest BCUT2D eigenvalue weighted by atomic mass is 79.9. The van der Waals surface area contributed by atoms with Gasteiger partial charge in [-0.2, -0.15) is 0 Å². The molecule has 1 heterocycles. The van der Waals surface area contributed by atoms with Crippen molar-refractivity contribution in [1.82, 2.24) is 4.98 Å². The van der Waals surface area contributed by atoms with Crippen molar-refractivity contribution >= 4 is 38.3 Å². The molecule has 0 bridgehead atoms. The standard InChI is InChI=1S/C18H15BrN2O/c1-2-21(18(22)15-9-16(19)12-20-11-15)17-8-7-13-5-3-4-6-14(13)10-17/h3-12H,2H2,1H3. The Bertz CT molecular complexity index is 832. The van der Waals surface area contributed by atoms with E-state index in [1.54, 1.807) is 23.4 Å². The average molecular weight is 355 g/mol. The fourth-order valence-electron chi connectivity index (χ4n) is 2.47. The maximum atomic E-state index is 12.7. The summed E-state index contributed by atoms with van der Waals surface area (Å²) in [6.45, 7) is 2.57. The molecule has 0 aliphatic heterocycles. The first-order valence-electron chi connectivity index (χ1n) is 7.10. The van der Waals surface area contributed by atoms with Crippen molar-refractivity contribution in [3.8, 4) is 0 Å². The van der Waals surface area contributed by atoms with Crippen LogP contribution in [-0.2, 0) is 0 Å². The summed E-state index contributed by atoms with van der Waals surface area (Å²) in [5.41, 5.74) is 1.47. The van der Waals surface area contributed by atoms with Crippen LogP contribution in [0.25, 0.3) is 10.8 Å². The Morgan fingerprint density at radius 1 is 1.09 bits per heavy atom. The summed E-state index contributed by atoms with van der Waals surface area (Å²) in [5.74, 6) is -0.0495. The molecule has 0 saturated carbocycles. The van der Waals surface area contributed by atoms with Crippen LogP contribution in [0.5, 0.6) is 0 Å². The van der Waals surface area contributed by atoms with Gasteiger partial charge in [0.2, 0.25) is 0 Å². The minimum absolute atomic E-state index is 0.0495. The topological polar surface area (TPSA) is 33.2 Å². The molecule has 2 aromatic carbocycles. The van der Waals surface area contributed by atoms with Gasteiger partial charge in [0, 0.05) is 29.1 Å². The number of anilines is 1. The molecule has 3 nitrogen and oxygen atoms in total. The zero-order valence-corrected chi connectivity index (χ0v) is 13.7. The summed E-state index contributed by atoms with van der Waals surface area (Å²) in [7, 11) is 0. The van der Waals surface area contributed by atoms with Gasteiger partial charge in [0.25, 0.3) is 5.91 Å². The van der Waals surface area contributed by atoms with E-state index in [-0.39, 0.29) is 5.91 Å². The van der Waals surface area contributed by atoms with Gasteiger partial charge in [-0.05, 0) is 51.8 Å². The molecule has 0 fully saturated rings. The van der Waals surface area contributed by atoms with Crippen LogP contribution in [0.3, 0.4) is 0 Å². The molecule has 0 aliphatic carbocycles. The number of pyridine rings is 1. The molecule has 3 rings (SSSR count). The van der Waals surface area contributed by atoms with Crippen molar-refractivity contribution in [1.29, 1.82) is 0 Å². The van der Waals surface area contributed by atoms with Crippen molar-refractivity contribution in [2.24, 2.45) is 0 Å². The van der Waals surface area contributed by atoms with E-state index in [1.165, 1.54) is 5.39 Å². The molecule has 1 aromatic heterocycles. The SMILES string of the molecule is CCN(C(=O)c1cncc(Br)c1)c1ccc2ccccc2c1. The number of hydrogen-bond donors (Lipinski definition) is 0. The lowest BCUT2D eigenvalue weighted by atomic mass is 10.1. The van der Waals surface area contributed by atoms with Crippen LogP contribution in [0.4, 0.5) is 5.69 Å². The highest BCUT2D eigenvalue weighted by Crippen LogP contribution is 2.24. The maximum Gasteiger partial charge on any atom is 0.259 e. The highest BCUT2D eigenvalue weighted by Gasteiger charge is 2.17. The van der Waals surface area contributed by atoms with E-state index in [4.69, 9.17) is 0 Å². The number of nitrogens with zero attached hydrogens (tertiary/aromatic N) is 2. The summed E-state index contributed by atoms with van der Waals surface area (Å²) in [4.78, 5) is 18.6. The molecule has 0 aliphatic rings. The molecular formula is C18H15BrN2O. The number of aromatic nitrogens is 1. The first-order valence-corrected chi connectivity index (χ1v) is 7.89. The molecule has 110 valence electrons.